The fourth-order valence-electron chi connectivity index (χ4n) is 5.21. The van der Waals surface area contributed by atoms with E-state index in [0.29, 0.717) is 24.1 Å². The molecule has 0 aromatic rings. The second-order valence-electron chi connectivity index (χ2n) is 14.7. The maximum absolute atomic E-state index is 12.6. The number of hydrogen-bond donors (Lipinski definition) is 1. The lowest BCUT2D eigenvalue weighted by Gasteiger charge is -2.24. The van der Waals surface area contributed by atoms with Crippen molar-refractivity contribution in [2.45, 2.75) is 168 Å². The van der Waals surface area contributed by atoms with Crippen molar-refractivity contribution < 1.29 is 37.3 Å². The van der Waals surface area contributed by atoms with E-state index < -0.39 is 13.9 Å². The second kappa shape index (κ2) is 34.8. The molecule has 0 amide bonds. The average molecular weight is 729 g/mol. The molecule has 0 spiro atoms. The molecule has 0 fully saturated rings. The van der Waals surface area contributed by atoms with Gasteiger partial charge in [-0.3, -0.25) is 13.8 Å². The van der Waals surface area contributed by atoms with Gasteiger partial charge in [0.1, 0.15) is 19.3 Å². The van der Waals surface area contributed by atoms with Gasteiger partial charge in [0.25, 0.3) is 0 Å². The molecule has 0 aliphatic heterocycles. The van der Waals surface area contributed by atoms with E-state index >= 15 is 0 Å². The van der Waals surface area contributed by atoms with Gasteiger partial charge in [-0.1, -0.05) is 127 Å². The maximum Gasteiger partial charge on any atom is 0.472 e. The number of rotatable bonds is 37. The Bertz CT molecular complexity index is 900. The summed E-state index contributed by atoms with van der Waals surface area (Å²) in [6, 6.07) is 0. The number of carbonyl (C=O) groups excluding carboxylic acids is 1. The van der Waals surface area contributed by atoms with Crippen molar-refractivity contribution in [2.75, 3.05) is 54.1 Å². The Morgan fingerprint density at radius 3 is 1.70 bits per heavy atom. The molecular formula is C41H79NO7P+. The van der Waals surface area contributed by atoms with Crippen LogP contribution in [0.15, 0.2) is 36.5 Å². The Balaban J connectivity index is 4.32. The third-order valence-electron chi connectivity index (χ3n) is 8.42. The number of unbranched alkanes of at least 4 members (excludes halogenated alkanes) is 17. The predicted octanol–water partition coefficient (Wildman–Crippen LogP) is 11.4. The zero-order chi connectivity index (χ0) is 37.0. The van der Waals surface area contributed by atoms with Gasteiger partial charge in [-0.05, 0) is 64.2 Å². The van der Waals surface area contributed by atoms with Gasteiger partial charge in [0.15, 0.2) is 0 Å². The van der Waals surface area contributed by atoms with Crippen molar-refractivity contribution in [3.8, 4) is 0 Å². The second-order valence-corrected chi connectivity index (χ2v) is 16.1. The van der Waals surface area contributed by atoms with Crippen molar-refractivity contribution in [1.29, 1.82) is 0 Å². The first-order valence-corrected chi connectivity index (χ1v) is 21.7. The zero-order valence-corrected chi connectivity index (χ0v) is 34.0. The molecule has 2 unspecified atom stereocenters. The van der Waals surface area contributed by atoms with Gasteiger partial charge in [0, 0.05) is 13.0 Å². The van der Waals surface area contributed by atoms with Gasteiger partial charge in [-0.25, -0.2) is 4.57 Å². The molecule has 9 heteroatoms. The summed E-state index contributed by atoms with van der Waals surface area (Å²) in [6.45, 7) is 5.53. The summed E-state index contributed by atoms with van der Waals surface area (Å²) in [5.41, 5.74) is 0. The maximum atomic E-state index is 12.6. The lowest BCUT2D eigenvalue weighted by molar-refractivity contribution is -0.870. The number of allylic oxidation sites excluding steroid dienone is 6. The fourth-order valence-corrected chi connectivity index (χ4v) is 5.95. The van der Waals surface area contributed by atoms with E-state index in [1.54, 1.807) is 0 Å². The minimum Gasteiger partial charge on any atom is -0.457 e. The monoisotopic (exact) mass is 729 g/mol. The van der Waals surface area contributed by atoms with E-state index in [9.17, 15) is 14.3 Å². The van der Waals surface area contributed by atoms with Crippen LogP contribution < -0.4 is 0 Å². The number of quaternary nitrogens is 1. The summed E-state index contributed by atoms with van der Waals surface area (Å²) in [5, 5.41) is 0. The van der Waals surface area contributed by atoms with Gasteiger partial charge >= 0.3 is 13.8 Å². The number of esters is 1. The molecular weight excluding hydrogens is 649 g/mol. The summed E-state index contributed by atoms with van der Waals surface area (Å²) in [6.07, 6.45) is 38.8. The number of ether oxygens (including phenoxy) is 2. The highest BCUT2D eigenvalue weighted by Crippen LogP contribution is 2.43. The van der Waals surface area contributed by atoms with Crippen LogP contribution in [0.2, 0.25) is 0 Å². The van der Waals surface area contributed by atoms with E-state index in [4.69, 9.17) is 18.5 Å². The van der Waals surface area contributed by atoms with Crippen LogP contribution in [0.3, 0.4) is 0 Å². The minimum absolute atomic E-state index is 0.0841. The molecule has 0 saturated heterocycles. The SMILES string of the molecule is CCCC/C=C\C/C=C\CCCCCCCC(=O)OC(COCCCCCCCC/C=C\CCCCCC)COP(=O)(O)OCC[N+](C)(C)C. The normalized spacial score (nSPS) is 14.3. The van der Waals surface area contributed by atoms with Crippen molar-refractivity contribution >= 4 is 13.8 Å². The van der Waals surface area contributed by atoms with Gasteiger partial charge in [-0.15, -0.1) is 0 Å². The van der Waals surface area contributed by atoms with Crippen LogP contribution >= 0.6 is 7.82 Å². The first kappa shape index (κ1) is 48.7. The van der Waals surface area contributed by atoms with Gasteiger partial charge in [0.05, 0.1) is 34.4 Å². The molecule has 50 heavy (non-hydrogen) atoms. The number of phosphoric acid groups is 1. The van der Waals surface area contributed by atoms with Crippen LogP contribution in [0.5, 0.6) is 0 Å². The molecule has 0 aliphatic carbocycles. The van der Waals surface area contributed by atoms with Crippen molar-refractivity contribution in [2.24, 2.45) is 0 Å². The Morgan fingerprint density at radius 2 is 1.12 bits per heavy atom. The van der Waals surface area contributed by atoms with E-state index in [-0.39, 0.29) is 25.8 Å². The number of hydrogen-bond acceptors (Lipinski definition) is 6. The van der Waals surface area contributed by atoms with E-state index in [1.165, 1.54) is 83.5 Å². The molecule has 8 nitrogen and oxygen atoms in total. The Kier molecular flexibility index (Phi) is 33.9. The van der Waals surface area contributed by atoms with Gasteiger partial charge in [-0.2, -0.15) is 0 Å². The molecule has 0 aromatic carbocycles. The van der Waals surface area contributed by atoms with Crippen LogP contribution in [-0.2, 0) is 27.9 Å². The van der Waals surface area contributed by atoms with Gasteiger partial charge < -0.3 is 18.9 Å². The number of carbonyl (C=O) groups is 1. The molecule has 0 bridgehead atoms. The lowest BCUT2D eigenvalue weighted by Crippen LogP contribution is -2.37. The average Bonchev–Trinajstić information content (AvgIpc) is 3.06. The predicted molar refractivity (Wildman–Crippen MR) is 210 cm³/mol. The molecule has 0 radical (unpaired) electrons. The number of phosphoric ester groups is 1. The molecule has 0 heterocycles. The Labute approximate surface area is 308 Å². The highest BCUT2D eigenvalue weighted by atomic mass is 31.2. The number of likely N-dealkylation sites (N-methyl/N-ethyl adjacent to an activating group) is 1. The quantitative estimate of drug-likeness (QED) is 0.0224. The van der Waals surface area contributed by atoms with Crippen LogP contribution in [0.1, 0.15) is 162 Å². The first-order chi connectivity index (χ1) is 24.1. The molecule has 0 aliphatic rings. The van der Waals surface area contributed by atoms with Crippen LogP contribution in [0.4, 0.5) is 0 Å². The van der Waals surface area contributed by atoms with Gasteiger partial charge in [0.2, 0.25) is 0 Å². The van der Waals surface area contributed by atoms with Crippen molar-refractivity contribution in [3.05, 3.63) is 36.5 Å². The zero-order valence-electron chi connectivity index (χ0n) is 33.1. The Hall–Kier alpha value is -1.28. The molecule has 1 N–H and O–H groups in total. The highest BCUT2D eigenvalue weighted by molar-refractivity contribution is 7.47. The molecule has 0 rings (SSSR count). The minimum atomic E-state index is -4.27. The topological polar surface area (TPSA) is 91.3 Å². The summed E-state index contributed by atoms with van der Waals surface area (Å²) in [5.74, 6) is -0.331. The number of nitrogens with zero attached hydrogens (tertiary/aromatic N) is 1. The lowest BCUT2D eigenvalue weighted by atomic mass is 10.1. The summed E-state index contributed by atoms with van der Waals surface area (Å²) in [4.78, 5) is 22.8. The molecule has 0 saturated carbocycles. The summed E-state index contributed by atoms with van der Waals surface area (Å²) in [7, 11) is 1.65. The van der Waals surface area contributed by atoms with E-state index in [2.05, 4.69) is 50.3 Å². The summed E-state index contributed by atoms with van der Waals surface area (Å²) >= 11 is 0. The fraction of sp³-hybridized carbons (Fsp3) is 0.829. The third kappa shape index (κ3) is 38.0. The van der Waals surface area contributed by atoms with Crippen LogP contribution in [0.25, 0.3) is 0 Å². The Morgan fingerprint density at radius 1 is 0.620 bits per heavy atom. The molecule has 0 aromatic heterocycles. The molecule has 294 valence electrons. The first-order valence-electron chi connectivity index (χ1n) is 20.2. The summed E-state index contributed by atoms with van der Waals surface area (Å²) < 4.78 is 34.9. The smallest absolute Gasteiger partial charge is 0.457 e. The largest absolute Gasteiger partial charge is 0.472 e. The highest BCUT2D eigenvalue weighted by Gasteiger charge is 2.26. The third-order valence-corrected chi connectivity index (χ3v) is 9.41. The van der Waals surface area contributed by atoms with Crippen molar-refractivity contribution in [1.82, 2.24) is 0 Å². The standard InChI is InChI=1S/C41H78NO7P/c1-6-8-10-12-14-16-18-20-22-24-26-28-30-32-34-41(43)49-40(39-48-50(44,45)47-37-35-42(3,4)5)38-46-36-33-31-29-27-25-23-21-19-17-15-13-11-9-7-2/h12,14,17-20,40H,6-11,13,15-16,21-39H2,1-5H3/p+1/b14-12-,19-17-,20-18-. The van der Waals surface area contributed by atoms with Crippen molar-refractivity contribution in [3.63, 3.8) is 0 Å². The van der Waals surface area contributed by atoms with Crippen LogP contribution in [0, 0.1) is 0 Å². The molecule has 2 atom stereocenters. The van der Waals surface area contributed by atoms with E-state index in [1.807, 2.05) is 21.1 Å². The van der Waals surface area contributed by atoms with E-state index in [0.717, 1.165) is 57.8 Å². The van der Waals surface area contributed by atoms with Crippen LogP contribution in [-0.4, -0.2) is 75.6 Å².